The van der Waals surface area contributed by atoms with E-state index in [9.17, 15) is 14.4 Å². The number of amides is 3. The number of carbonyl (C=O) groups excluding carboxylic acids is 3. The van der Waals surface area contributed by atoms with E-state index in [1.165, 1.54) is 4.90 Å². The van der Waals surface area contributed by atoms with Crippen LogP contribution in [0.25, 0.3) is 22.3 Å². The Kier molecular flexibility index (Phi) is 11.0. The van der Waals surface area contributed by atoms with Gasteiger partial charge in [-0.3, -0.25) is 29.7 Å². The number of aromatic nitrogens is 4. The number of unbranched alkanes of at least 4 members (excludes halogenated alkanes) is 2. The fourth-order valence-electron chi connectivity index (χ4n) is 9.27. The fourth-order valence-corrected chi connectivity index (χ4v) is 9.27. The standard InChI is InChI=1S/C43H52FN9O5/c1-2-3-4-19-57-29-5-7-34-32(22-29)41(49-48-34)35-23-38(46-26-45-35)52-17-15-50(16-18-52)24-27-20-30(21-27)58-28-11-13-51(14-12-28)36-8-6-31-33(40(36)44)25-53(43(31)56)37-9-10-39(54)47-42(37)55/h5-8,22-23,26-28,30,37H,2-4,9-21,24-25H2,1H3,(H,48,49)(H,47,54,55)/t27-,30-,37?. The molecule has 306 valence electrons. The van der Waals surface area contributed by atoms with Crippen LogP contribution in [0.15, 0.2) is 42.7 Å². The number of imide groups is 1. The SMILES string of the molecule is CCCCCOc1ccc2n[nH]c(-c3cc(N4CCN(C[C@H]5C[C@H](OC6CCN(c7ccc8c(c7F)CN(C7CCC(=O)NC7=O)C8=O)CC6)C5)CC4)ncn3)c2c1. The molecule has 6 heterocycles. The Morgan fingerprint density at radius 2 is 1.72 bits per heavy atom. The van der Waals surface area contributed by atoms with Gasteiger partial charge in [-0.2, -0.15) is 5.10 Å². The third-order valence-electron chi connectivity index (χ3n) is 12.7. The molecule has 4 aromatic rings. The van der Waals surface area contributed by atoms with E-state index >= 15 is 4.39 Å². The number of aromatic amines is 1. The van der Waals surface area contributed by atoms with Gasteiger partial charge in [0.1, 0.15) is 23.9 Å². The van der Waals surface area contributed by atoms with Crippen molar-refractivity contribution in [3.05, 3.63) is 59.7 Å². The predicted octanol–water partition coefficient (Wildman–Crippen LogP) is 5.08. The maximum absolute atomic E-state index is 15.9. The van der Waals surface area contributed by atoms with Gasteiger partial charge < -0.3 is 24.2 Å². The van der Waals surface area contributed by atoms with E-state index in [-0.39, 0.29) is 43.4 Å². The van der Waals surface area contributed by atoms with E-state index in [2.05, 4.69) is 48.3 Å². The van der Waals surface area contributed by atoms with E-state index in [4.69, 9.17) is 9.47 Å². The lowest BCUT2D eigenvalue weighted by molar-refractivity contribution is -0.136. The van der Waals surface area contributed by atoms with Gasteiger partial charge in [0.05, 0.1) is 48.0 Å². The highest BCUT2D eigenvalue weighted by molar-refractivity contribution is 6.05. The smallest absolute Gasteiger partial charge is 0.255 e. The van der Waals surface area contributed by atoms with Gasteiger partial charge in [-0.25, -0.2) is 14.4 Å². The molecule has 3 amide bonds. The first kappa shape index (κ1) is 38.4. The van der Waals surface area contributed by atoms with Gasteiger partial charge in [0.15, 0.2) is 5.82 Å². The lowest BCUT2D eigenvalue weighted by atomic mass is 9.81. The van der Waals surface area contributed by atoms with Gasteiger partial charge in [-0.1, -0.05) is 19.8 Å². The fraction of sp³-hybridized carbons (Fsp3) is 0.535. The first-order valence-corrected chi connectivity index (χ1v) is 21.1. The minimum Gasteiger partial charge on any atom is -0.494 e. The van der Waals surface area contributed by atoms with Crippen LogP contribution in [-0.2, 0) is 20.9 Å². The molecular weight excluding hydrogens is 742 g/mol. The van der Waals surface area contributed by atoms with Gasteiger partial charge in [-0.15, -0.1) is 0 Å². The van der Waals surface area contributed by atoms with Crippen molar-refractivity contribution >= 4 is 40.1 Å². The number of H-pyrrole nitrogens is 1. The number of piperazine rings is 1. The highest BCUT2D eigenvalue weighted by atomic mass is 19.1. The molecule has 4 aliphatic heterocycles. The molecule has 14 nitrogen and oxygen atoms in total. The minimum absolute atomic E-state index is 0.0301. The number of benzene rings is 2. The van der Waals surface area contributed by atoms with Gasteiger partial charge in [0, 0.05) is 74.8 Å². The van der Waals surface area contributed by atoms with Crippen LogP contribution in [0.4, 0.5) is 15.9 Å². The van der Waals surface area contributed by atoms with Crippen molar-refractivity contribution < 1.29 is 28.2 Å². The van der Waals surface area contributed by atoms with Crippen molar-refractivity contribution in [2.45, 2.75) is 89.5 Å². The maximum Gasteiger partial charge on any atom is 0.255 e. The van der Waals surface area contributed by atoms with Crippen molar-refractivity contribution in [2.75, 3.05) is 62.2 Å². The lowest BCUT2D eigenvalue weighted by Crippen LogP contribution is -2.52. The number of rotatable bonds is 13. The Bertz CT molecular complexity index is 2160. The molecule has 4 fully saturated rings. The average molecular weight is 794 g/mol. The minimum atomic E-state index is -0.764. The Morgan fingerprint density at radius 3 is 2.52 bits per heavy atom. The van der Waals surface area contributed by atoms with Crippen molar-refractivity contribution in [3.8, 4) is 17.1 Å². The van der Waals surface area contributed by atoms with Gasteiger partial charge in [-0.05, 0) is 74.8 Å². The maximum atomic E-state index is 15.9. The van der Waals surface area contributed by atoms with Crippen molar-refractivity contribution in [3.63, 3.8) is 0 Å². The third-order valence-corrected chi connectivity index (χ3v) is 12.7. The predicted molar refractivity (Wildman–Crippen MR) is 216 cm³/mol. The van der Waals surface area contributed by atoms with Gasteiger partial charge >= 0.3 is 0 Å². The summed E-state index contributed by atoms with van der Waals surface area (Å²) in [6, 6.07) is 10.7. The van der Waals surface area contributed by atoms with Gasteiger partial charge in [0.25, 0.3) is 5.91 Å². The summed E-state index contributed by atoms with van der Waals surface area (Å²) in [6.45, 7) is 9.11. The number of nitrogens with zero attached hydrogens (tertiary/aromatic N) is 7. The summed E-state index contributed by atoms with van der Waals surface area (Å²) < 4.78 is 28.4. The molecule has 58 heavy (non-hydrogen) atoms. The van der Waals surface area contributed by atoms with Crippen LogP contribution in [0.3, 0.4) is 0 Å². The molecular formula is C43H52FN9O5. The normalized spacial score (nSPS) is 23.0. The lowest BCUT2D eigenvalue weighted by Gasteiger charge is -2.43. The van der Waals surface area contributed by atoms with Crippen LogP contribution < -0.4 is 19.9 Å². The number of anilines is 2. The zero-order valence-corrected chi connectivity index (χ0v) is 33.1. The number of halogens is 1. The van der Waals surface area contributed by atoms with E-state index in [1.54, 1.807) is 18.5 Å². The van der Waals surface area contributed by atoms with E-state index in [0.717, 1.165) is 112 Å². The highest BCUT2D eigenvalue weighted by Gasteiger charge is 2.41. The number of piperidine rings is 2. The molecule has 5 aliphatic rings. The first-order valence-electron chi connectivity index (χ1n) is 21.1. The zero-order chi connectivity index (χ0) is 39.8. The van der Waals surface area contributed by atoms with E-state index < -0.39 is 17.8 Å². The average Bonchev–Trinajstić information content (AvgIpc) is 3.80. The van der Waals surface area contributed by atoms with Gasteiger partial charge in [0.2, 0.25) is 11.8 Å². The summed E-state index contributed by atoms with van der Waals surface area (Å²) in [6.07, 6.45) is 9.60. The molecule has 1 saturated carbocycles. The molecule has 1 atom stereocenters. The first-order chi connectivity index (χ1) is 28.3. The summed E-state index contributed by atoms with van der Waals surface area (Å²) >= 11 is 0. The summed E-state index contributed by atoms with van der Waals surface area (Å²) in [5.41, 5.74) is 3.68. The summed E-state index contributed by atoms with van der Waals surface area (Å²) in [5, 5.41) is 11.0. The molecule has 0 bridgehead atoms. The number of ether oxygens (including phenoxy) is 2. The second-order valence-electron chi connectivity index (χ2n) is 16.5. The molecule has 15 heteroatoms. The third kappa shape index (κ3) is 7.85. The molecule has 0 spiro atoms. The molecule has 2 N–H and O–H groups in total. The highest BCUT2D eigenvalue weighted by Crippen LogP contribution is 2.37. The van der Waals surface area contributed by atoms with E-state index in [0.29, 0.717) is 42.4 Å². The second kappa shape index (κ2) is 16.6. The number of hydrogen-bond donors (Lipinski definition) is 2. The van der Waals surface area contributed by atoms with Crippen LogP contribution in [-0.4, -0.2) is 118 Å². The Hall–Kier alpha value is -5.15. The van der Waals surface area contributed by atoms with Crippen LogP contribution in [0.5, 0.6) is 5.75 Å². The van der Waals surface area contributed by atoms with E-state index in [1.807, 2.05) is 23.1 Å². The molecule has 0 radical (unpaired) electrons. The molecule has 2 aromatic heterocycles. The Labute approximate surface area is 337 Å². The van der Waals surface area contributed by atoms with Crippen LogP contribution in [0.2, 0.25) is 0 Å². The Balaban J connectivity index is 0.711. The Morgan fingerprint density at radius 1 is 0.897 bits per heavy atom. The quantitative estimate of drug-likeness (QED) is 0.138. The van der Waals surface area contributed by atoms with Crippen molar-refractivity contribution in [1.82, 2.24) is 35.3 Å². The molecule has 9 rings (SSSR count). The topological polar surface area (TPSA) is 149 Å². The van der Waals surface area contributed by atoms with Crippen LogP contribution in [0, 0.1) is 11.7 Å². The molecule has 3 saturated heterocycles. The van der Waals surface area contributed by atoms with Crippen molar-refractivity contribution in [1.29, 1.82) is 0 Å². The largest absolute Gasteiger partial charge is 0.494 e. The number of hydrogen-bond acceptors (Lipinski definition) is 11. The monoisotopic (exact) mass is 793 g/mol. The second-order valence-corrected chi connectivity index (χ2v) is 16.5. The molecule has 2 aromatic carbocycles. The molecule has 1 aliphatic carbocycles. The number of carbonyl (C=O) groups is 3. The zero-order valence-electron chi connectivity index (χ0n) is 33.1. The summed E-state index contributed by atoms with van der Waals surface area (Å²) in [5.74, 6) is 0.790. The van der Waals surface area contributed by atoms with Crippen LogP contribution >= 0.6 is 0 Å². The number of fused-ring (bicyclic) bond motifs is 2. The summed E-state index contributed by atoms with van der Waals surface area (Å²) in [4.78, 5) is 54.7. The summed E-state index contributed by atoms with van der Waals surface area (Å²) in [7, 11) is 0. The van der Waals surface area contributed by atoms with Crippen molar-refractivity contribution in [2.24, 2.45) is 5.92 Å². The van der Waals surface area contributed by atoms with Crippen LogP contribution in [0.1, 0.15) is 80.6 Å². The number of nitrogens with one attached hydrogen (secondary N) is 2. The molecule has 1 unspecified atom stereocenters.